The van der Waals surface area contributed by atoms with E-state index in [1.807, 2.05) is 42.6 Å². The maximum atomic E-state index is 12.1. The number of thiazole rings is 1. The Labute approximate surface area is 150 Å². The van der Waals surface area contributed by atoms with Gasteiger partial charge in [-0.3, -0.25) is 9.78 Å². The molecule has 1 aromatic carbocycles. The second-order valence-electron chi connectivity index (χ2n) is 5.59. The van der Waals surface area contributed by atoms with E-state index in [9.17, 15) is 4.79 Å². The number of aromatic nitrogens is 2. The van der Waals surface area contributed by atoms with E-state index in [1.165, 1.54) is 0 Å². The molecule has 0 aliphatic carbocycles. The highest BCUT2D eigenvalue weighted by molar-refractivity contribution is 7.09. The van der Waals surface area contributed by atoms with Crippen LogP contribution in [0.2, 0.25) is 0 Å². The summed E-state index contributed by atoms with van der Waals surface area (Å²) in [6, 6.07) is 11.4. The minimum Gasteiger partial charge on any atom is -0.497 e. The standard InChI is InChI=1S/C19H19N3O2S/c1-13-11-15(9-10-20-13)21-18(23)7-8-19-22-17(12-25-19)14-3-5-16(24-2)6-4-14/h3-6,9-12H,7-8H2,1-2H3,(H,20,21,23). The summed E-state index contributed by atoms with van der Waals surface area (Å²) in [5.41, 5.74) is 3.62. The number of pyridine rings is 1. The van der Waals surface area contributed by atoms with Gasteiger partial charge < -0.3 is 10.1 Å². The third-order valence-electron chi connectivity index (χ3n) is 3.68. The van der Waals surface area contributed by atoms with Gasteiger partial charge in [-0.2, -0.15) is 0 Å². The highest BCUT2D eigenvalue weighted by atomic mass is 32.1. The number of methoxy groups -OCH3 is 1. The molecular weight excluding hydrogens is 334 g/mol. The van der Waals surface area contributed by atoms with Crippen LogP contribution in [0.25, 0.3) is 11.3 Å². The molecule has 0 saturated heterocycles. The normalized spacial score (nSPS) is 10.5. The second-order valence-corrected chi connectivity index (χ2v) is 6.53. The van der Waals surface area contributed by atoms with Crippen LogP contribution in [0, 0.1) is 6.92 Å². The molecule has 5 nitrogen and oxygen atoms in total. The van der Waals surface area contributed by atoms with Gasteiger partial charge in [-0.15, -0.1) is 11.3 Å². The van der Waals surface area contributed by atoms with Crippen LogP contribution < -0.4 is 10.1 Å². The van der Waals surface area contributed by atoms with Crippen molar-refractivity contribution in [2.75, 3.05) is 12.4 Å². The molecular formula is C19H19N3O2S. The molecule has 0 saturated carbocycles. The maximum Gasteiger partial charge on any atom is 0.224 e. The average molecular weight is 353 g/mol. The van der Waals surface area contributed by atoms with Gasteiger partial charge in [0.05, 0.1) is 17.8 Å². The molecule has 0 atom stereocenters. The third kappa shape index (κ3) is 4.64. The van der Waals surface area contributed by atoms with Crippen LogP contribution in [-0.4, -0.2) is 23.0 Å². The first-order chi connectivity index (χ1) is 12.1. The summed E-state index contributed by atoms with van der Waals surface area (Å²) in [4.78, 5) is 20.8. The fourth-order valence-electron chi connectivity index (χ4n) is 2.39. The van der Waals surface area contributed by atoms with Crippen molar-refractivity contribution in [1.29, 1.82) is 0 Å². The number of carbonyl (C=O) groups excluding carboxylic acids is 1. The van der Waals surface area contributed by atoms with E-state index in [0.29, 0.717) is 12.8 Å². The lowest BCUT2D eigenvalue weighted by Crippen LogP contribution is -2.12. The lowest BCUT2D eigenvalue weighted by Gasteiger charge is -2.04. The topological polar surface area (TPSA) is 64.1 Å². The predicted molar refractivity (Wildman–Crippen MR) is 100 cm³/mol. The van der Waals surface area contributed by atoms with Gasteiger partial charge >= 0.3 is 0 Å². The third-order valence-corrected chi connectivity index (χ3v) is 4.59. The Hall–Kier alpha value is -2.73. The Morgan fingerprint density at radius 3 is 2.76 bits per heavy atom. The summed E-state index contributed by atoms with van der Waals surface area (Å²) in [5, 5.41) is 5.85. The van der Waals surface area contributed by atoms with Crippen LogP contribution >= 0.6 is 11.3 Å². The molecule has 6 heteroatoms. The summed E-state index contributed by atoms with van der Waals surface area (Å²) in [6.45, 7) is 1.89. The van der Waals surface area contributed by atoms with Crippen molar-refractivity contribution in [3.63, 3.8) is 0 Å². The van der Waals surface area contributed by atoms with Gasteiger partial charge in [0.2, 0.25) is 5.91 Å². The Bertz CT molecular complexity index is 859. The Kier molecular flexibility index (Phi) is 5.40. The molecule has 3 aromatic rings. The first-order valence-corrected chi connectivity index (χ1v) is 8.83. The van der Waals surface area contributed by atoms with Gasteiger partial charge in [0.1, 0.15) is 5.75 Å². The van der Waals surface area contributed by atoms with Crippen molar-refractivity contribution in [1.82, 2.24) is 9.97 Å². The van der Waals surface area contributed by atoms with E-state index in [2.05, 4.69) is 15.3 Å². The minimum atomic E-state index is -0.0215. The van der Waals surface area contributed by atoms with Crippen molar-refractivity contribution in [2.24, 2.45) is 0 Å². The molecule has 2 aromatic heterocycles. The molecule has 0 bridgehead atoms. The van der Waals surface area contributed by atoms with Crippen molar-refractivity contribution in [2.45, 2.75) is 19.8 Å². The molecule has 0 fully saturated rings. The number of nitrogens with zero attached hydrogens (tertiary/aromatic N) is 2. The molecule has 0 spiro atoms. The number of rotatable bonds is 6. The van der Waals surface area contributed by atoms with Gasteiger partial charge in [-0.05, 0) is 43.3 Å². The zero-order valence-electron chi connectivity index (χ0n) is 14.2. The van der Waals surface area contributed by atoms with Crippen LogP contribution in [0.1, 0.15) is 17.1 Å². The minimum absolute atomic E-state index is 0.0215. The number of ether oxygens (including phenoxy) is 1. The van der Waals surface area contributed by atoms with Gasteiger partial charge in [0, 0.05) is 41.4 Å². The number of hydrogen-bond donors (Lipinski definition) is 1. The number of carbonyl (C=O) groups is 1. The highest BCUT2D eigenvalue weighted by Gasteiger charge is 2.08. The van der Waals surface area contributed by atoms with Gasteiger partial charge in [0.25, 0.3) is 0 Å². The lowest BCUT2D eigenvalue weighted by molar-refractivity contribution is -0.116. The number of aryl methyl sites for hydroxylation is 2. The van der Waals surface area contributed by atoms with E-state index >= 15 is 0 Å². The van der Waals surface area contributed by atoms with Crippen molar-refractivity contribution >= 4 is 22.9 Å². The summed E-state index contributed by atoms with van der Waals surface area (Å²) in [5.74, 6) is 0.800. The first kappa shape index (κ1) is 17.1. The zero-order chi connectivity index (χ0) is 17.6. The van der Waals surface area contributed by atoms with E-state index in [1.54, 1.807) is 30.7 Å². The van der Waals surface area contributed by atoms with Crippen LogP contribution in [0.4, 0.5) is 5.69 Å². The van der Waals surface area contributed by atoms with Crippen LogP contribution in [0.3, 0.4) is 0 Å². The maximum absolute atomic E-state index is 12.1. The largest absolute Gasteiger partial charge is 0.497 e. The van der Waals surface area contributed by atoms with Crippen LogP contribution in [0.5, 0.6) is 5.75 Å². The number of anilines is 1. The lowest BCUT2D eigenvalue weighted by atomic mass is 10.2. The molecule has 0 aliphatic rings. The molecule has 1 amide bonds. The molecule has 0 aliphatic heterocycles. The van der Waals surface area contributed by atoms with E-state index < -0.39 is 0 Å². The van der Waals surface area contributed by atoms with Gasteiger partial charge in [-0.25, -0.2) is 4.98 Å². The van der Waals surface area contributed by atoms with E-state index in [0.717, 1.165) is 33.4 Å². The molecule has 3 rings (SSSR count). The molecule has 1 N–H and O–H groups in total. The molecule has 0 unspecified atom stereocenters. The molecule has 128 valence electrons. The fraction of sp³-hybridized carbons (Fsp3) is 0.211. The van der Waals surface area contributed by atoms with E-state index in [-0.39, 0.29) is 5.91 Å². The van der Waals surface area contributed by atoms with E-state index in [4.69, 9.17) is 4.74 Å². The second kappa shape index (κ2) is 7.90. The molecule has 0 radical (unpaired) electrons. The molecule has 2 heterocycles. The number of hydrogen-bond acceptors (Lipinski definition) is 5. The number of nitrogens with one attached hydrogen (secondary N) is 1. The highest BCUT2D eigenvalue weighted by Crippen LogP contribution is 2.24. The van der Waals surface area contributed by atoms with Crippen molar-refractivity contribution in [3.05, 3.63) is 58.7 Å². The summed E-state index contributed by atoms with van der Waals surface area (Å²) < 4.78 is 5.17. The van der Waals surface area contributed by atoms with Crippen LogP contribution in [0.15, 0.2) is 48.0 Å². The smallest absolute Gasteiger partial charge is 0.224 e. The molecule has 25 heavy (non-hydrogen) atoms. The summed E-state index contributed by atoms with van der Waals surface area (Å²) >= 11 is 1.57. The Balaban J connectivity index is 1.56. The Morgan fingerprint density at radius 1 is 1.24 bits per heavy atom. The quantitative estimate of drug-likeness (QED) is 0.725. The number of amides is 1. The summed E-state index contributed by atoms with van der Waals surface area (Å²) in [7, 11) is 1.65. The summed E-state index contributed by atoms with van der Waals surface area (Å²) in [6.07, 6.45) is 2.71. The number of benzene rings is 1. The zero-order valence-corrected chi connectivity index (χ0v) is 15.0. The predicted octanol–water partition coefficient (Wildman–Crippen LogP) is 4.09. The first-order valence-electron chi connectivity index (χ1n) is 7.95. The van der Waals surface area contributed by atoms with Gasteiger partial charge in [0.15, 0.2) is 0 Å². The van der Waals surface area contributed by atoms with Gasteiger partial charge in [-0.1, -0.05) is 0 Å². The Morgan fingerprint density at radius 2 is 2.04 bits per heavy atom. The fourth-order valence-corrected chi connectivity index (χ4v) is 3.19. The van der Waals surface area contributed by atoms with Crippen LogP contribution in [-0.2, 0) is 11.2 Å². The van der Waals surface area contributed by atoms with Crippen molar-refractivity contribution < 1.29 is 9.53 Å². The van der Waals surface area contributed by atoms with Crippen molar-refractivity contribution in [3.8, 4) is 17.0 Å². The average Bonchev–Trinajstić information content (AvgIpc) is 3.09. The monoisotopic (exact) mass is 353 g/mol. The SMILES string of the molecule is COc1ccc(-c2csc(CCC(=O)Nc3ccnc(C)c3)n2)cc1.